The lowest BCUT2D eigenvalue weighted by Crippen LogP contribution is -2.08. The molecule has 0 radical (unpaired) electrons. The fraction of sp³-hybridized carbons (Fsp3) is 0.259. The first-order valence-electron chi connectivity index (χ1n) is 11.0. The summed E-state index contributed by atoms with van der Waals surface area (Å²) in [7, 11) is 1.53. The van der Waals surface area contributed by atoms with Gasteiger partial charge < -0.3 is 19.4 Å². The Morgan fingerprint density at radius 2 is 1.61 bits per heavy atom. The average molecular weight is 448 g/mol. The summed E-state index contributed by atoms with van der Waals surface area (Å²) < 4.78 is 10.9. The van der Waals surface area contributed by atoms with Gasteiger partial charge in [-0.15, -0.1) is 0 Å². The van der Waals surface area contributed by atoms with E-state index < -0.39 is 5.97 Å². The van der Waals surface area contributed by atoms with E-state index in [1.165, 1.54) is 12.7 Å². The fourth-order valence-electron chi connectivity index (χ4n) is 3.39. The molecule has 0 heterocycles. The second-order valence-electron chi connectivity index (χ2n) is 7.50. The number of nitrogens with zero attached hydrogens (tertiary/aromatic N) is 1. The molecule has 0 spiro atoms. The summed E-state index contributed by atoms with van der Waals surface area (Å²) in [5.74, 6) is 0.169. The summed E-state index contributed by atoms with van der Waals surface area (Å²) in [5, 5.41) is 13.4. The van der Waals surface area contributed by atoms with Crippen molar-refractivity contribution in [2.45, 2.75) is 26.2 Å². The van der Waals surface area contributed by atoms with Crippen LogP contribution in [0, 0.1) is 0 Å². The topological polar surface area (TPSA) is 77.4 Å². The second kappa shape index (κ2) is 12.3. The molecule has 0 saturated carbocycles. The molecule has 1 N–H and O–H groups in total. The van der Waals surface area contributed by atoms with Crippen LogP contribution in [-0.2, 0) is 16.1 Å². The van der Waals surface area contributed by atoms with Crippen LogP contribution in [0.5, 0.6) is 11.5 Å². The first kappa shape index (κ1) is 23.9. The first-order chi connectivity index (χ1) is 16.1. The monoisotopic (exact) mass is 447 g/mol. The van der Waals surface area contributed by atoms with Gasteiger partial charge in [0.1, 0.15) is 18.1 Å². The van der Waals surface area contributed by atoms with E-state index in [9.17, 15) is 4.79 Å². The van der Waals surface area contributed by atoms with Gasteiger partial charge in [-0.1, -0.05) is 73.1 Å². The third-order valence-corrected chi connectivity index (χ3v) is 4.96. The number of hydrogen-bond acceptors (Lipinski definition) is 5. The summed E-state index contributed by atoms with van der Waals surface area (Å²) >= 11 is 0. The van der Waals surface area contributed by atoms with E-state index in [1.54, 1.807) is 18.2 Å². The van der Waals surface area contributed by atoms with Crippen LogP contribution in [0.25, 0.3) is 11.1 Å². The van der Waals surface area contributed by atoms with Gasteiger partial charge in [0, 0.05) is 6.07 Å². The van der Waals surface area contributed by atoms with Gasteiger partial charge >= 0.3 is 5.97 Å². The van der Waals surface area contributed by atoms with Gasteiger partial charge in [0.2, 0.25) is 0 Å². The van der Waals surface area contributed by atoms with Crippen molar-refractivity contribution in [3.05, 3.63) is 83.9 Å². The van der Waals surface area contributed by atoms with E-state index in [0.29, 0.717) is 17.1 Å². The predicted molar refractivity (Wildman–Crippen MR) is 129 cm³/mol. The van der Waals surface area contributed by atoms with Crippen LogP contribution in [0.15, 0.2) is 78.0 Å². The van der Waals surface area contributed by atoms with Gasteiger partial charge in [-0.3, -0.25) is 4.79 Å². The minimum Gasteiger partial charge on any atom is -0.497 e. The Hall–Kier alpha value is -3.80. The molecule has 0 unspecified atom stereocenters. The van der Waals surface area contributed by atoms with Crippen LogP contribution in [-0.4, -0.2) is 37.1 Å². The number of oxime groups is 1. The number of carboxylic acids is 1. The van der Waals surface area contributed by atoms with E-state index in [0.717, 1.165) is 29.7 Å². The number of carbonyl (C=O) groups is 1. The molecule has 6 heteroatoms. The SMILES string of the molecule is CCC/C(=N\OCCOc1cc(CC(=O)O)cc(OC)c1)c1ccc(-c2ccccc2)cc1. The number of hydrogen-bond donors (Lipinski definition) is 1. The molecule has 0 fully saturated rings. The average Bonchev–Trinajstić information content (AvgIpc) is 2.83. The van der Waals surface area contributed by atoms with Crippen LogP contribution in [0.1, 0.15) is 30.9 Å². The maximum absolute atomic E-state index is 11.0. The summed E-state index contributed by atoms with van der Waals surface area (Å²) in [6.45, 7) is 2.64. The molecule has 3 rings (SSSR count). The number of carboxylic acid groups (broad SMARTS) is 1. The molecule has 6 nitrogen and oxygen atoms in total. The minimum atomic E-state index is -0.910. The number of rotatable bonds is 12. The lowest BCUT2D eigenvalue weighted by atomic mass is 10.0. The highest BCUT2D eigenvalue weighted by molar-refractivity contribution is 6.00. The van der Waals surface area contributed by atoms with Crippen LogP contribution >= 0.6 is 0 Å². The smallest absolute Gasteiger partial charge is 0.307 e. The van der Waals surface area contributed by atoms with E-state index in [-0.39, 0.29) is 19.6 Å². The fourth-order valence-corrected chi connectivity index (χ4v) is 3.39. The molecule has 0 amide bonds. The zero-order valence-electron chi connectivity index (χ0n) is 19.0. The van der Waals surface area contributed by atoms with Crippen molar-refractivity contribution in [2.75, 3.05) is 20.3 Å². The summed E-state index contributed by atoms with van der Waals surface area (Å²) in [6.07, 6.45) is 1.66. The highest BCUT2D eigenvalue weighted by Crippen LogP contribution is 2.23. The standard InChI is InChI=1S/C27H29NO5/c1-3-7-26(23-12-10-22(11-13-23)21-8-5-4-6-9-21)28-33-15-14-32-25-17-20(18-27(29)30)16-24(19-25)31-2/h4-6,8-13,16-17,19H,3,7,14-15,18H2,1-2H3,(H,29,30)/b28-26+. The molecule has 0 aliphatic carbocycles. The van der Waals surface area contributed by atoms with Crippen molar-refractivity contribution < 1.29 is 24.2 Å². The quantitative estimate of drug-likeness (QED) is 0.222. The molecule has 3 aromatic rings. The van der Waals surface area contributed by atoms with Crippen LogP contribution in [0.2, 0.25) is 0 Å². The van der Waals surface area contributed by atoms with Crippen molar-refractivity contribution in [2.24, 2.45) is 5.16 Å². The van der Waals surface area contributed by atoms with Gasteiger partial charge in [0.25, 0.3) is 0 Å². The molecule has 172 valence electrons. The Morgan fingerprint density at radius 3 is 2.27 bits per heavy atom. The van der Waals surface area contributed by atoms with Crippen molar-refractivity contribution >= 4 is 11.7 Å². The van der Waals surface area contributed by atoms with Gasteiger partial charge in [-0.2, -0.15) is 0 Å². The highest BCUT2D eigenvalue weighted by Gasteiger charge is 2.08. The van der Waals surface area contributed by atoms with Gasteiger partial charge in [0.05, 0.1) is 19.2 Å². The molecule has 3 aromatic carbocycles. The number of aliphatic carboxylic acids is 1. The van der Waals surface area contributed by atoms with Crippen molar-refractivity contribution in [1.82, 2.24) is 0 Å². The molecular formula is C27H29NO5. The number of ether oxygens (including phenoxy) is 2. The summed E-state index contributed by atoms with van der Waals surface area (Å²) in [5.41, 5.74) is 4.87. The van der Waals surface area contributed by atoms with Crippen LogP contribution in [0.3, 0.4) is 0 Å². The third-order valence-electron chi connectivity index (χ3n) is 4.96. The van der Waals surface area contributed by atoms with Crippen LogP contribution < -0.4 is 9.47 Å². The zero-order chi connectivity index (χ0) is 23.5. The van der Waals surface area contributed by atoms with Crippen molar-refractivity contribution in [3.8, 4) is 22.6 Å². The van der Waals surface area contributed by atoms with E-state index in [4.69, 9.17) is 19.4 Å². The molecule has 0 aliphatic heterocycles. The molecule has 0 aromatic heterocycles. The van der Waals surface area contributed by atoms with Crippen LogP contribution in [0.4, 0.5) is 0 Å². The Balaban J connectivity index is 1.58. The Morgan fingerprint density at radius 1 is 0.909 bits per heavy atom. The molecular weight excluding hydrogens is 418 g/mol. The lowest BCUT2D eigenvalue weighted by Gasteiger charge is -2.10. The van der Waals surface area contributed by atoms with E-state index in [2.05, 4.69) is 48.5 Å². The number of methoxy groups -OCH3 is 1. The second-order valence-corrected chi connectivity index (χ2v) is 7.50. The molecule has 33 heavy (non-hydrogen) atoms. The van der Waals surface area contributed by atoms with Gasteiger partial charge in [0.15, 0.2) is 6.61 Å². The van der Waals surface area contributed by atoms with Gasteiger partial charge in [-0.05, 0) is 40.8 Å². The van der Waals surface area contributed by atoms with E-state index in [1.807, 2.05) is 18.2 Å². The maximum atomic E-state index is 11.0. The highest BCUT2D eigenvalue weighted by atomic mass is 16.6. The Labute approximate surface area is 194 Å². The number of benzene rings is 3. The molecule has 0 atom stereocenters. The van der Waals surface area contributed by atoms with E-state index >= 15 is 0 Å². The van der Waals surface area contributed by atoms with Crippen molar-refractivity contribution in [3.63, 3.8) is 0 Å². The third kappa shape index (κ3) is 7.38. The summed E-state index contributed by atoms with van der Waals surface area (Å²) in [4.78, 5) is 16.5. The maximum Gasteiger partial charge on any atom is 0.307 e. The van der Waals surface area contributed by atoms with Crippen molar-refractivity contribution in [1.29, 1.82) is 0 Å². The molecule has 0 saturated heterocycles. The largest absolute Gasteiger partial charge is 0.497 e. The molecule has 0 aliphatic rings. The predicted octanol–water partition coefficient (Wildman–Crippen LogP) is 5.59. The minimum absolute atomic E-state index is 0.0994. The Bertz CT molecular complexity index is 1060. The van der Waals surface area contributed by atoms with Gasteiger partial charge in [-0.25, -0.2) is 0 Å². The summed E-state index contributed by atoms with van der Waals surface area (Å²) in [6, 6.07) is 23.7. The normalized spacial score (nSPS) is 11.2. The first-order valence-corrected chi connectivity index (χ1v) is 11.0. The lowest BCUT2D eigenvalue weighted by molar-refractivity contribution is -0.136. The zero-order valence-corrected chi connectivity index (χ0v) is 19.0. The Kier molecular flexibility index (Phi) is 8.88. The molecule has 0 bridgehead atoms.